The topological polar surface area (TPSA) is 75.7 Å². The van der Waals surface area contributed by atoms with E-state index in [9.17, 15) is 0 Å². The predicted octanol–water partition coefficient (Wildman–Crippen LogP) is 0.436. The molecule has 0 amide bonds. The van der Waals surface area contributed by atoms with Gasteiger partial charge in [-0.05, 0) is 5.22 Å². The summed E-state index contributed by atoms with van der Waals surface area (Å²) in [4.78, 5) is 3.06. The molecular weight excluding hydrogens is 200 g/mol. The third kappa shape index (κ3) is 2.05. The molecule has 0 radical (unpaired) electrons. The fourth-order valence-electron chi connectivity index (χ4n) is 1.10. The van der Waals surface area contributed by atoms with Gasteiger partial charge in [0, 0.05) is 5.22 Å². The van der Waals surface area contributed by atoms with Crippen molar-refractivity contribution < 1.29 is 0 Å². The van der Waals surface area contributed by atoms with Gasteiger partial charge in [-0.3, -0.25) is 0 Å². The van der Waals surface area contributed by atoms with E-state index in [-0.39, 0.29) is 11.3 Å². The molecule has 0 aliphatic rings. The highest BCUT2D eigenvalue weighted by atomic mass is 14.7. The Kier molecular flexibility index (Phi) is 3.41. The molecule has 0 atom stereocenters. The molecule has 0 spiro atoms. The molecule has 0 N–H and O–H groups in total. The summed E-state index contributed by atoms with van der Waals surface area (Å²) in [5.41, 5.74) is -0.00474. The zero-order valence-corrected chi connectivity index (χ0v) is 8.10. The number of hydrogen-bond donors (Lipinski definition) is 0. The normalized spacial score (nSPS) is 7.75. The summed E-state index contributed by atoms with van der Waals surface area (Å²) in [7, 11) is 0. The molecule has 1 aromatic rings. The van der Waals surface area contributed by atoms with E-state index >= 15 is 0 Å². The van der Waals surface area contributed by atoms with Crippen molar-refractivity contribution in [2.45, 2.75) is 0 Å². The van der Waals surface area contributed by atoms with E-state index in [2.05, 4.69) is 4.85 Å². The molecule has 0 aliphatic carbocycles. The van der Waals surface area contributed by atoms with Crippen LogP contribution in [0.1, 0.15) is 0 Å². The molecule has 4 heteroatoms. The maximum atomic E-state index is 8.64. The molecule has 0 aliphatic heterocycles. The second-order valence-electron chi connectivity index (χ2n) is 2.75. The Balaban J connectivity index is 3.58. The van der Waals surface area contributed by atoms with Crippen LogP contribution in [0.3, 0.4) is 0 Å². The van der Waals surface area contributed by atoms with Crippen molar-refractivity contribution in [1.29, 1.82) is 15.8 Å². The highest BCUT2D eigenvalue weighted by Gasteiger charge is 1.96. The van der Waals surface area contributed by atoms with Crippen LogP contribution in [0.15, 0.2) is 24.3 Å². The molecule has 1 rings (SSSR count). The van der Waals surface area contributed by atoms with Gasteiger partial charge in [-0.2, -0.15) is 10.5 Å². The lowest BCUT2D eigenvalue weighted by atomic mass is 10.1. The second-order valence-corrected chi connectivity index (χ2v) is 2.75. The number of nitriles is 3. The van der Waals surface area contributed by atoms with Gasteiger partial charge in [0.05, 0.1) is 12.6 Å². The van der Waals surface area contributed by atoms with Crippen LogP contribution in [-0.2, 0) is 0 Å². The highest BCUT2D eigenvalue weighted by molar-refractivity contribution is 5.72. The first-order valence-electron chi connectivity index (χ1n) is 4.19. The lowest BCUT2D eigenvalue weighted by Gasteiger charge is -1.88. The van der Waals surface area contributed by atoms with Gasteiger partial charge in [0.2, 0.25) is 0 Å². The molecule has 4 nitrogen and oxygen atoms in total. The molecule has 0 aromatic heterocycles. The van der Waals surface area contributed by atoms with Crippen molar-refractivity contribution in [3.63, 3.8) is 0 Å². The third-order valence-corrected chi connectivity index (χ3v) is 1.89. The lowest BCUT2D eigenvalue weighted by molar-refractivity contribution is 1.47. The third-order valence-electron chi connectivity index (χ3n) is 1.89. The maximum absolute atomic E-state index is 8.64. The van der Waals surface area contributed by atoms with E-state index in [1.165, 1.54) is 0 Å². The van der Waals surface area contributed by atoms with Crippen molar-refractivity contribution in [3.8, 4) is 18.2 Å². The quantitative estimate of drug-likeness (QED) is 0.575. The van der Waals surface area contributed by atoms with Crippen LogP contribution in [-0.4, -0.2) is 0 Å². The second kappa shape index (κ2) is 4.97. The van der Waals surface area contributed by atoms with Gasteiger partial charge in [0.25, 0.3) is 5.70 Å². The van der Waals surface area contributed by atoms with Gasteiger partial charge in [-0.1, -0.05) is 24.3 Å². The first-order chi connectivity index (χ1) is 7.76. The van der Waals surface area contributed by atoms with Crippen LogP contribution >= 0.6 is 0 Å². The van der Waals surface area contributed by atoms with Crippen LogP contribution in [0.5, 0.6) is 0 Å². The molecule has 0 fully saturated rings. The zero-order valence-electron chi connectivity index (χ0n) is 8.10. The van der Waals surface area contributed by atoms with Gasteiger partial charge >= 0.3 is 0 Å². The Hall–Kier alpha value is -3.08. The van der Waals surface area contributed by atoms with E-state index in [1.807, 2.05) is 0 Å². The summed E-state index contributed by atoms with van der Waals surface area (Å²) in [6.45, 7) is 6.76. The Morgan fingerprint density at radius 2 is 1.44 bits per heavy atom. The zero-order chi connectivity index (χ0) is 12.0. The molecule has 1 aromatic carbocycles. The first kappa shape index (κ1) is 11.0. The molecule has 16 heavy (non-hydrogen) atoms. The summed E-state index contributed by atoms with van der Waals surface area (Å²) < 4.78 is 0. The van der Waals surface area contributed by atoms with E-state index in [1.54, 1.807) is 42.5 Å². The van der Waals surface area contributed by atoms with E-state index in [0.29, 0.717) is 10.4 Å². The molecule has 0 saturated carbocycles. The standard InChI is InChI=1S/C12H4N4/c1-16-12(8-15)10-4-2-9(3-5-10)11(6-13)7-14/h2-5H. The average Bonchev–Trinajstić information content (AvgIpc) is 2.34. The lowest BCUT2D eigenvalue weighted by Crippen LogP contribution is -2.10. The SMILES string of the molecule is [C-]#[N+]C(C#N)=c1ccc(=C(C#N)C#N)cc1. The van der Waals surface area contributed by atoms with Gasteiger partial charge in [0.15, 0.2) is 0 Å². The van der Waals surface area contributed by atoms with E-state index < -0.39 is 0 Å². The number of nitrogens with zero attached hydrogens (tertiary/aromatic N) is 4. The molecule has 72 valence electrons. The number of hydrogen-bond acceptors (Lipinski definition) is 3. The minimum absolute atomic E-state index is 0.00729. The largest absolute Gasteiger partial charge is 0.268 e. The monoisotopic (exact) mass is 204 g/mol. The molecular formula is C12H4N4. The summed E-state index contributed by atoms with van der Waals surface area (Å²) in [5, 5.41) is 26.9. The van der Waals surface area contributed by atoms with Crippen molar-refractivity contribution >= 4 is 11.3 Å². The van der Waals surface area contributed by atoms with Gasteiger partial charge in [-0.25, -0.2) is 10.1 Å². The maximum Gasteiger partial charge on any atom is 0.268 e. The van der Waals surface area contributed by atoms with Gasteiger partial charge in [0.1, 0.15) is 17.7 Å². The van der Waals surface area contributed by atoms with E-state index in [4.69, 9.17) is 22.4 Å². The fraction of sp³-hybridized carbons (Fsp3) is 0. The fourth-order valence-corrected chi connectivity index (χ4v) is 1.10. The Labute approximate surface area is 92.0 Å². The summed E-state index contributed by atoms with van der Waals surface area (Å²) in [6, 6.07) is 11.5. The summed E-state index contributed by atoms with van der Waals surface area (Å²) >= 11 is 0. The van der Waals surface area contributed by atoms with E-state index in [0.717, 1.165) is 0 Å². The van der Waals surface area contributed by atoms with Crippen molar-refractivity contribution in [1.82, 2.24) is 0 Å². The molecule has 0 bridgehead atoms. The minimum Gasteiger partial charge on any atom is -0.226 e. The van der Waals surface area contributed by atoms with Crippen LogP contribution in [0.2, 0.25) is 0 Å². The summed E-state index contributed by atoms with van der Waals surface area (Å²) in [5.74, 6) is 0. The van der Waals surface area contributed by atoms with Crippen LogP contribution < -0.4 is 10.4 Å². The smallest absolute Gasteiger partial charge is 0.226 e. The van der Waals surface area contributed by atoms with Crippen molar-refractivity contribution in [2.75, 3.05) is 0 Å². The highest BCUT2D eigenvalue weighted by Crippen LogP contribution is 1.91. The first-order valence-corrected chi connectivity index (χ1v) is 4.19. The Morgan fingerprint density at radius 1 is 0.938 bits per heavy atom. The molecule has 0 unspecified atom stereocenters. The summed E-state index contributed by atoms with van der Waals surface area (Å²) in [6.07, 6.45) is 0. The van der Waals surface area contributed by atoms with Crippen LogP contribution in [0.4, 0.5) is 0 Å². The van der Waals surface area contributed by atoms with Crippen molar-refractivity contribution in [2.24, 2.45) is 0 Å². The molecule has 0 heterocycles. The Bertz CT molecular complexity index is 581. The minimum atomic E-state index is -0.0120. The van der Waals surface area contributed by atoms with Gasteiger partial charge in [-0.15, -0.1) is 0 Å². The number of rotatable bonds is 0. The average molecular weight is 204 g/mol. The van der Waals surface area contributed by atoms with Gasteiger partial charge < -0.3 is 0 Å². The Morgan fingerprint density at radius 3 is 1.81 bits per heavy atom. The van der Waals surface area contributed by atoms with Crippen LogP contribution in [0.25, 0.3) is 16.1 Å². The van der Waals surface area contributed by atoms with Crippen molar-refractivity contribution in [3.05, 3.63) is 46.1 Å². The molecule has 0 saturated heterocycles. The number of benzene rings is 1. The predicted molar refractivity (Wildman–Crippen MR) is 55.9 cm³/mol. The van der Waals surface area contributed by atoms with Crippen LogP contribution in [0, 0.1) is 40.6 Å².